The summed E-state index contributed by atoms with van der Waals surface area (Å²) in [6.07, 6.45) is 0.293. The van der Waals surface area contributed by atoms with Crippen molar-refractivity contribution in [1.29, 1.82) is 5.26 Å². The molecule has 0 aliphatic rings. The third-order valence-electron chi connectivity index (χ3n) is 3.50. The predicted molar refractivity (Wildman–Crippen MR) is 93.0 cm³/mol. The number of nitriles is 1. The molecular formula is C17H21N3O2S. The Kier molecular flexibility index (Phi) is 4.62. The molecule has 5 nitrogen and oxygen atoms in total. The lowest BCUT2D eigenvalue weighted by Crippen LogP contribution is -2.27. The molecule has 122 valence electrons. The van der Waals surface area contributed by atoms with Crippen LogP contribution in [0.5, 0.6) is 0 Å². The second-order valence-corrected chi connectivity index (χ2v) is 7.38. The van der Waals surface area contributed by atoms with E-state index in [0.717, 1.165) is 33.5 Å². The van der Waals surface area contributed by atoms with Crippen molar-refractivity contribution < 1.29 is 9.53 Å². The third kappa shape index (κ3) is 3.45. The Bertz CT molecular complexity index is 810. The van der Waals surface area contributed by atoms with E-state index in [-0.39, 0.29) is 0 Å². The molecule has 0 atom stereocenters. The highest BCUT2D eigenvalue weighted by molar-refractivity contribution is 7.23. The molecule has 0 spiro atoms. The Morgan fingerprint density at radius 1 is 1.39 bits per heavy atom. The number of hydrogen-bond donors (Lipinski definition) is 1. The van der Waals surface area contributed by atoms with Gasteiger partial charge in [0.25, 0.3) is 0 Å². The number of nitrogens with zero attached hydrogens (tertiary/aromatic N) is 2. The van der Waals surface area contributed by atoms with Crippen LogP contribution in [-0.4, -0.2) is 16.7 Å². The number of thiophene rings is 1. The highest BCUT2D eigenvalue weighted by Gasteiger charge is 2.22. The maximum atomic E-state index is 12.0. The number of rotatable bonds is 2. The van der Waals surface area contributed by atoms with Crippen LogP contribution in [0.3, 0.4) is 0 Å². The van der Waals surface area contributed by atoms with Crippen molar-refractivity contribution in [3.8, 4) is 6.07 Å². The van der Waals surface area contributed by atoms with Crippen molar-refractivity contribution in [2.45, 2.75) is 53.6 Å². The number of hydrogen-bond acceptors (Lipinski definition) is 5. The quantitative estimate of drug-likeness (QED) is 0.866. The van der Waals surface area contributed by atoms with E-state index < -0.39 is 11.7 Å². The molecule has 0 aromatic carbocycles. The SMILES string of the molecule is CCc1c(C)nc2sc(NC(=O)OC(C)(C)C)c(C#N)c2c1C. The first-order valence-corrected chi connectivity index (χ1v) is 8.32. The molecule has 1 N–H and O–H groups in total. The molecule has 0 saturated carbocycles. The number of pyridine rings is 1. The van der Waals surface area contributed by atoms with Crippen LogP contribution in [-0.2, 0) is 11.2 Å². The molecule has 23 heavy (non-hydrogen) atoms. The number of ether oxygens (including phenoxy) is 1. The third-order valence-corrected chi connectivity index (χ3v) is 4.50. The molecule has 2 aromatic heterocycles. The molecule has 0 radical (unpaired) electrons. The zero-order valence-electron chi connectivity index (χ0n) is 14.3. The van der Waals surface area contributed by atoms with Gasteiger partial charge in [0.05, 0.1) is 5.56 Å². The molecule has 2 rings (SSSR count). The first-order chi connectivity index (χ1) is 10.7. The summed E-state index contributed by atoms with van der Waals surface area (Å²) >= 11 is 1.30. The summed E-state index contributed by atoms with van der Waals surface area (Å²) < 4.78 is 5.26. The van der Waals surface area contributed by atoms with Crippen LogP contribution in [0.25, 0.3) is 10.2 Å². The minimum Gasteiger partial charge on any atom is -0.444 e. The van der Waals surface area contributed by atoms with Crippen LogP contribution in [0.2, 0.25) is 0 Å². The molecule has 0 unspecified atom stereocenters. The van der Waals surface area contributed by atoms with Gasteiger partial charge in [-0.25, -0.2) is 9.78 Å². The Balaban J connectivity index is 2.53. The molecule has 0 fully saturated rings. The normalized spacial score (nSPS) is 11.3. The maximum absolute atomic E-state index is 12.0. The van der Waals surface area contributed by atoms with Gasteiger partial charge in [0, 0.05) is 11.1 Å². The van der Waals surface area contributed by atoms with Crippen molar-refractivity contribution >= 4 is 32.6 Å². The molecule has 0 aliphatic heterocycles. The molecule has 0 aliphatic carbocycles. The van der Waals surface area contributed by atoms with E-state index in [0.29, 0.717) is 10.6 Å². The van der Waals surface area contributed by atoms with Crippen molar-refractivity contribution in [2.75, 3.05) is 5.32 Å². The van der Waals surface area contributed by atoms with Crippen molar-refractivity contribution in [3.05, 3.63) is 22.4 Å². The van der Waals surface area contributed by atoms with E-state index >= 15 is 0 Å². The van der Waals surface area contributed by atoms with Gasteiger partial charge in [-0.1, -0.05) is 18.3 Å². The van der Waals surface area contributed by atoms with E-state index in [9.17, 15) is 10.1 Å². The maximum Gasteiger partial charge on any atom is 0.412 e. The average Bonchev–Trinajstić information content (AvgIpc) is 2.73. The molecule has 2 aromatic rings. The van der Waals surface area contributed by atoms with Gasteiger partial charge in [0.2, 0.25) is 0 Å². The molecule has 2 heterocycles. The Labute approximate surface area is 140 Å². The second kappa shape index (κ2) is 6.17. The fourth-order valence-electron chi connectivity index (χ4n) is 2.60. The van der Waals surface area contributed by atoms with Gasteiger partial charge in [-0.05, 0) is 52.2 Å². The fourth-order valence-corrected chi connectivity index (χ4v) is 3.72. The van der Waals surface area contributed by atoms with Crippen LogP contribution in [0.4, 0.5) is 9.80 Å². The highest BCUT2D eigenvalue weighted by Crippen LogP contribution is 2.38. The molecular weight excluding hydrogens is 310 g/mol. The Morgan fingerprint density at radius 3 is 2.57 bits per heavy atom. The first-order valence-electron chi connectivity index (χ1n) is 7.50. The topological polar surface area (TPSA) is 75.0 Å². The lowest BCUT2D eigenvalue weighted by Gasteiger charge is -2.19. The van der Waals surface area contributed by atoms with Crippen LogP contribution in [0.1, 0.15) is 50.1 Å². The van der Waals surface area contributed by atoms with Crippen LogP contribution in [0.15, 0.2) is 0 Å². The number of carbonyl (C=O) groups is 1. The number of aryl methyl sites for hydroxylation is 2. The summed E-state index contributed by atoms with van der Waals surface area (Å²) in [5, 5.41) is 13.5. The lowest BCUT2D eigenvalue weighted by molar-refractivity contribution is 0.0636. The summed E-state index contributed by atoms with van der Waals surface area (Å²) in [7, 11) is 0. The number of carbonyl (C=O) groups excluding carboxylic acids is 1. The summed E-state index contributed by atoms with van der Waals surface area (Å²) in [5.74, 6) is 0. The van der Waals surface area contributed by atoms with Gasteiger partial charge < -0.3 is 4.74 Å². The predicted octanol–water partition coefficient (Wildman–Crippen LogP) is 4.69. The van der Waals surface area contributed by atoms with Gasteiger partial charge in [-0.2, -0.15) is 5.26 Å². The number of amides is 1. The number of anilines is 1. The van der Waals surface area contributed by atoms with Crippen LogP contribution < -0.4 is 5.32 Å². The smallest absolute Gasteiger partial charge is 0.412 e. The fraction of sp³-hybridized carbons (Fsp3) is 0.471. The molecule has 0 bridgehead atoms. The Morgan fingerprint density at radius 2 is 2.04 bits per heavy atom. The van der Waals surface area contributed by atoms with E-state index in [2.05, 4.69) is 23.3 Å². The Hall–Kier alpha value is -2.13. The van der Waals surface area contributed by atoms with E-state index in [1.54, 1.807) is 20.8 Å². The monoisotopic (exact) mass is 331 g/mol. The van der Waals surface area contributed by atoms with Gasteiger partial charge >= 0.3 is 6.09 Å². The van der Waals surface area contributed by atoms with Crippen molar-refractivity contribution in [1.82, 2.24) is 4.98 Å². The van der Waals surface area contributed by atoms with E-state index in [1.807, 2.05) is 13.8 Å². The highest BCUT2D eigenvalue weighted by atomic mass is 32.1. The minimum absolute atomic E-state index is 0.454. The summed E-state index contributed by atoms with van der Waals surface area (Å²) in [6.45, 7) is 11.4. The van der Waals surface area contributed by atoms with Crippen LogP contribution in [0, 0.1) is 25.2 Å². The van der Waals surface area contributed by atoms with Gasteiger partial charge in [-0.15, -0.1) is 0 Å². The summed E-state index contributed by atoms with van der Waals surface area (Å²) in [4.78, 5) is 17.3. The lowest BCUT2D eigenvalue weighted by atomic mass is 10.0. The van der Waals surface area contributed by atoms with Crippen LogP contribution >= 0.6 is 11.3 Å². The van der Waals surface area contributed by atoms with Gasteiger partial charge in [0.1, 0.15) is 21.5 Å². The van der Waals surface area contributed by atoms with Gasteiger partial charge in [0.15, 0.2) is 0 Å². The van der Waals surface area contributed by atoms with Crippen molar-refractivity contribution in [3.63, 3.8) is 0 Å². The summed E-state index contributed by atoms with van der Waals surface area (Å²) in [5.41, 5.74) is 3.03. The summed E-state index contributed by atoms with van der Waals surface area (Å²) in [6, 6.07) is 2.20. The second-order valence-electron chi connectivity index (χ2n) is 6.38. The van der Waals surface area contributed by atoms with Crippen molar-refractivity contribution in [2.24, 2.45) is 0 Å². The van der Waals surface area contributed by atoms with E-state index in [1.165, 1.54) is 11.3 Å². The van der Waals surface area contributed by atoms with E-state index in [4.69, 9.17) is 4.74 Å². The molecule has 0 saturated heterocycles. The van der Waals surface area contributed by atoms with Gasteiger partial charge in [-0.3, -0.25) is 5.32 Å². The zero-order chi connectivity index (χ0) is 17.4. The number of aromatic nitrogens is 1. The molecule has 6 heteroatoms. The average molecular weight is 331 g/mol. The zero-order valence-corrected chi connectivity index (χ0v) is 15.1. The minimum atomic E-state index is -0.590. The number of fused-ring (bicyclic) bond motifs is 1. The molecule has 1 amide bonds. The largest absolute Gasteiger partial charge is 0.444 e. The number of nitrogens with one attached hydrogen (secondary N) is 1. The standard InChI is InChI=1S/C17H21N3O2S/c1-7-11-9(2)13-12(8-18)14(23-15(13)19-10(11)3)20-16(21)22-17(4,5)6/h7H2,1-6H3,(H,20,21). The first kappa shape index (κ1) is 17.2.